The number of fused-ring (bicyclic) bond motifs is 1. The first-order valence-electron chi connectivity index (χ1n) is 10.6. The van der Waals surface area contributed by atoms with Crippen LogP contribution in [-0.2, 0) is 24.3 Å². The zero-order valence-corrected chi connectivity index (χ0v) is 18.2. The summed E-state index contributed by atoms with van der Waals surface area (Å²) in [5.74, 6) is 0.719. The number of carbonyl (C=O) groups excluding carboxylic acids is 1. The number of rotatable bonds is 9. The number of imidazole rings is 1. The van der Waals surface area contributed by atoms with Crippen molar-refractivity contribution in [1.29, 1.82) is 0 Å². The second-order valence-electron chi connectivity index (χ2n) is 7.92. The number of nitrogens with one attached hydrogen (secondary N) is 1. The predicted octanol–water partition coefficient (Wildman–Crippen LogP) is 3.75. The first kappa shape index (κ1) is 21.7. The highest BCUT2D eigenvalue weighted by Crippen LogP contribution is 2.16. The fraction of sp³-hybridized carbons (Fsp3) is 0.417. The van der Waals surface area contributed by atoms with Crippen LogP contribution in [0.5, 0.6) is 5.75 Å². The molecule has 1 N–H and O–H groups in total. The van der Waals surface area contributed by atoms with E-state index in [0.29, 0.717) is 6.54 Å². The van der Waals surface area contributed by atoms with Crippen LogP contribution in [0.3, 0.4) is 0 Å². The number of hydrogen-bond acceptors (Lipinski definition) is 3. The zero-order valence-electron chi connectivity index (χ0n) is 18.2. The lowest BCUT2D eigenvalue weighted by Gasteiger charge is -2.15. The molecular weight excluding hydrogens is 378 g/mol. The van der Waals surface area contributed by atoms with Gasteiger partial charge >= 0.3 is 5.69 Å². The van der Waals surface area contributed by atoms with Crippen LogP contribution in [-0.4, -0.2) is 27.2 Å². The lowest BCUT2D eigenvalue weighted by atomic mass is 10.1. The first-order chi connectivity index (χ1) is 14.4. The van der Waals surface area contributed by atoms with Gasteiger partial charge in [0.05, 0.1) is 17.1 Å². The smallest absolute Gasteiger partial charge is 0.329 e. The van der Waals surface area contributed by atoms with E-state index < -0.39 is 0 Å². The molecule has 0 spiro atoms. The second kappa shape index (κ2) is 9.65. The van der Waals surface area contributed by atoms with Crippen LogP contribution >= 0.6 is 0 Å². The molecule has 30 heavy (non-hydrogen) atoms. The minimum Gasteiger partial charge on any atom is -0.491 e. The molecule has 1 amide bonds. The van der Waals surface area contributed by atoms with Crippen molar-refractivity contribution < 1.29 is 9.53 Å². The summed E-state index contributed by atoms with van der Waals surface area (Å²) in [7, 11) is 0. The first-order valence-corrected chi connectivity index (χ1v) is 10.6. The Morgan fingerprint density at radius 2 is 1.63 bits per heavy atom. The maximum absolute atomic E-state index is 12.7. The van der Waals surface area contributed by atoms with Crippen LogP contribution in [0, 0.1) is 0 Å². The van der Waals surface area contributed by atoms with E-state index in [9.17, 15) is 9.59 Å². The molecule has 0 aliphatic heterocycles. The van der Waals surface area contributed by atoms with Gasteiger partial charge in [0.25, 0.3) is 0 Å². The van der Waals surface area contributed by atoms with Gasteiger partial charge in [0.1, 0.15) is 12.3 Å². The molecule has 6 nitrogen and oxygen atoms in total. The van der Waals surface area contributed by atoms with Crippen molar-refractivity contribution in [3.63, 3.8) is 0 Å². The summed E-state index contributed by atoms with van der Waals surface area (Å²) >= 11 is 0. The van der Waals surface area contributed by atoms with Gasteiger partial charge in [-0.15, -0.1) is 0 Å². The highest BCUT2D eigenvalue weighted by molar-refractivity contribution is 5.81. The Morgan fingerprint density at radius 1 is 1.00 bits per heavy atom. The van der Waals surface area contributed by atoms with Crippen molar-refractivity contribution in [2.45, 2.75) is 65.8 Å². The molecule has 3 rings (SSSR count). The van der Waals surface area contributed by atoms with E-state index in [0.717, 1.165) is 29.6 Å². The van der Waals surface area contributed by atoms with E-state index in [4.69, 9.17) is 4.74 Å². The Kier molecular flexibility index (Phi) is 6.98. The molecule has 1 aromatic heterocycles. The van der Waals surface area contributed by atoms with Gasteiger partial charge < -0.3 is 10.1 Å². The molecule has 6 heteroatoms. The van der Waals surface area contributed by atoms with Crippen LogP contribution in [0.2, 0.25) is 0 Å². The highest BCUT2D eigenvalue weighted by Gasteiger charge is 2.15. The van der Waals surface area contributed by atoms with Crippen molar-refractivity contribution in [2.24, 2.45) is 0 Å². The average Bonchev–Trinajstić information content (AvgIpc) is 2.98. The summed E-state index contributed by atoms with van der Waals surface area (Å²) in [6, 6.07) is 15.7. The molecule has 0 bridgehead atoms. The van der Waals surface area contributed by atoms with Gasteiger partial charge in [0, 0.05) is 12.6 Å². The maximum atomic E-state index is 12.7. The van der Waals surface area contributed by atoms with Gasteiger partial charge in [0.2, 0.25) is 5.91 Å². The summed E-state index contributed by atoms with van der Waals surface area (Å²) in [5.41, 5.74) is 2.70. The number of carbonyl (C=O) groups is 1. The minimum atomic E-state index is -0.149. The molecule has 1 atom stereocenters. The number of ether oxygens (including phenoxy) is 1. The lowest BCUT2D eigenvalue weighted by Crippen LogP contribution is -2.37. The molecule has 0 aliphatic carbocycles. The van der Waals surface area contributed by atoms with E-state index in [2.05, 4.69) is 17.4 Å². The number of benzene rings is 2. The molecular formula is C24H31N3O3. The van der Waals surface area contributed by atoms with E-state index in [1.54, 1.807) is 9.13 Å². The van der Waals surface area contributed by atoms with Crippen molar-refractivity contribution >= 4 is 16.9 Å². The predicted molar refractivity (Wildman–Crippen MR) is 120 cm³/mol. The van der Waals surface area contributed by atoms with Gasteiger partial charge in [-0.1, -0.05) is 24.3 Å². The summed E-state index contributed by atoms with van der Waals surface area (Å²) in [4.78, 5) is 25.3. The second-order valence-corrected chi connectivity index (χ2v) is 7.92. The van der Waals surface area contributed by atoms with Crippen LogP contribution in [0.4, 0.5) is 0 Å². The summed E-state index contributed by atoms with van der Waals surface area (Å²) in [6.07, 6.45) is 1.84. The van der Waals surface area contributed by atoms with Crippen molar-refractivity contribution in [2.75, 3.05) is 0 Å². The summed E-state index contributed by atoms with van der Waals surface area (Å²) < 4.78 is 8.91. The average molecular weight is 410 g/mol. The highest BCUT2D eigenvalue weighted by atomic mass is 16.5. The minimum absolute atomic E-state index is 0.0133. The molecule has 2 aromatic carbocycles. The number of hydrogen-bond donors (Lipinski definition) is 1. The van der Waals surface area contributed by atoms with Crippen LogP contribution < -0.4 is 15.7 Å². The van der Waals surface area contributed by atoms with Gasteiger partial charge in [0.15, 0.2) is 0 Å². The van der Waals surface area contributed by atoms with Crippen molar-refractivity contribution in [1.82, 2.24) is 14.5 Å². The Hall–Kier alpha value is -3.02. The van der Waals surface area contributed by atoms with Gasteiger partial charge in [-0.25, -0.2) is 4.79 Å². The molecule has 1 unspecified atom stereocenters. The monoisotopic (exact) mass is 409 g/mol. The van der Waals surface area contributed by atoms with E-state index >= 15 is 0 Å². The standard InChI is InChI=1S/C24H31N3O3/c1-5-26-21-8-6-7-9-22(21)27(24(26)29)16-23(28)25-18(4)10-11-19-12-14-20(15-13-19)30-17(2)3/h6-9,12-15,17-18H,5,10-11,16H2,1-4H3,(H,25,28). The SMILES string of the molecule is CCn1c(=O)n(CC(=O)NC(C)CCc2ccc(OC(C)C)cc2)c2ccccc21. The molecule has 0 fully saturated rings. The van der Waals surface area contributed by atoms with E-state index in [1.165, 1.54) is 5.56 Å². The fourth-order valence-corrected chi connectivity index (χ4v) is 3.66. The van der Waals surface area contributed by atoms with Crippen LogP contribution in [0.25, 0.3) is 11.0 Å². The van der Waals surface area contributed by atoms with Gasteiger partial charge in [-0.05, 0) is 70.4 Å². The van der Waals surface area contributed by atoms with E-state index in [1.807, 2.05) is 64.1 Å². The molecule has 0 saturated carbocycles. The Labute approximate surface area is 177 Å². The van der Waals surface area contributed by atoms with Gasteiger partial charge in [-0.3, -0.25) is 13.9 Å². The van der Waals surface area contributed by atoms with Crippen LogP contribution in [0.1, 0.15) is 39.7 Å². The van der Waals surface area contributed by atoms with Crippen molar-refractivity contribution in [3.8, 4) is 5.75 Å². The summed E-state index contributed by atoms with van der Waals surface area (Å²) in [6.45, 7) is 8.54. The van der Waals surface area contributed by atoms with Crippen molar-refractivity contribution in [3.05, 3.63) is 64.6 Å². The number of para-hydroxylation sites is 2. The van der Waals surface area contributed by atoms with Crippen LogP contribution in [0.15, 0.2) is 53.3 Å². The topological polar surface area (TPSA) is 65.3 Å². The molecule has 0 aliphatic rings. The maximum Gasteiger partial charge on any atom is 0.329 e. The quantitative estimate of drug-likeness (QED) is 0.585. The number of nitrogens with zero attached hydrogens (tertiary/aromatic N) is 2. The fourth-order valence-electron chi connectivity index (χ4n) is 3.66. The normalized spacial score (nSPS) is 12.3. The largest absolute Gasteiger partial charge is 0.491 e. The Bertz CT molecular complexity index is 1050. The molecule has 1 heterocycles. The number of aryl methyl sites for hydroxylation is 2. The molecule has 3 aromatic rings. The molecule has 0 radical (unpaired) electrons. The Morgan fingerprint density at radius 3 is 2.23 bits per heavy atom. The number of amides is 1. The van der Waals surface area contributed by atoms with Gasteiger partial charge in [-0.2, -0.15) is 0 Å². The number of aromatic nitrogens is 2. The third-order valence-corrected chi connectivity index (χ3v) is 5.11. The van der Waals surface area contributed by atoms with E-state index in [-0.39, 0.29) is 30.3 Å². The molecule has 160 valence electrons. The third kappa shape index (κ3) is 5.12. The zero-order chi connectivity index (χ0) is 21.7. The lowest BCUT2D eigenvalue weighted by molar-refractivity contribution is -0.122. The molecule has 0 saturated heterocycles. The Balaban J connectivity index is 1.57. The summed E-state index contributed by atoms with van der Waals surface area (Å²) in [5, 5.41) is 3.02. The third-order valence-electron chi connectivity index (χ3n) is 5.11.